The maximum atomic E-state index is 12.1. The average Bonchev–Trinajstić information content (AvgIpc) is 2.82. The Morgan fingerprint density at radius 1 is 1.35 bits per heavy atom. The number of aromatic nitrogens is 2. The molecule has 88 valence electrons. The molecule has 0 saturated heterocycles. The number of carbonyl (C=O) groups is 1. The standard InChI is InChI=1S/C13H15N3O/c1-10-3-5-11(6-4-10)13(17)16(2)9-12-14-7-8-15-12/h3-8H,9H2,1-2H3,(H,14,15). The van der Waals surface area contributed by atoms with E-state index in [1.807, 2.05) is 31.2 Å². The Morgan fingerprint density at radius 3 is 2.65 bits per heavy atom. The van der Waals surface area contributed by atoms with Crippen molar-refractivity contribution in [1.82, 2.24) is 14.9 Å². The normalized spacial score (nSPS) is 10.2. The van der Waals surface area contributed by atoms with Gasteiger partial charge in [-0.25, -0.2) is 4.98 Å². The van der Waals surface area contributed by atoms with Crippen molar-refractivity contribution in [3.8, 4) is 0 Å². The Morgan fingerprint density at radius 2 is 2.06 bits per heavy atom. The van der Waals surface area contributed by atoms with Crippen LogP contribution >= 0.6 is 0 Å². The maximum absolute atomic E-state index is 12.1. The third-order valence-electron chi connectivity index (χ3n) is 2.59. The highest BCUT2D eigenvalue weighted by Gasteiger charge is 2.12. The molecule has 0 aliphatic carbocycles. The zero-order valence-electron chi connectivity index (χ0n) is 9.97. The van der Waals surface area contributed by atoms with Gasteiger partial charge >= 0.3 is 0 Å². The first-order chi connectivity index (χ1) is 8.16. The van der Waals surface area contributed by atoms with Gasteiger partial charge in [0.15, 0.2) is 0 Å². The number of nitrogens with zero attached hydrogens (tertiary/aromatic N) is 2. The molecule has 0 radical (unpaired) electrons. The summed E-state index contributed by atoms with van der Waals surface area (Å²) in [4.78, 5) is 20.8. The lowest BCUT2D eigenvalue weighted by Crippen LogP contribution is -2.26. The third kappa shape index (κ3) is 2.72. The number of amides is 1. The second-order valence-electron chi connectivity index (χ2n) is 4.06. The van der Waals surface area contributed by atoms with Crippen LogP contribution in [0, 0.1) is 6.92 Å². The molecule has 0 spiro atoms. The fraction of sp³-hybridized carbons (Fsp3) is 0.231. The van der Waals surface area contributed by atoms with E-state index in [0.29, 0.717) is 12.1 Å². The fourth-order valence-electron chi connectivity index (χ4n) is 1.60. The van der Waals surface area contributed by atoms with Gasteiger partial charge in [0.25, 0.3) is 5.91 Å². The molecule has 1 amide bonds. The first-order valence-electron chi connectivity index (χ1n) is 5.47. The van der Waals surface area contributed by atoms with E-state index in [1.54, 1.807) is 24.3 Å². The number of benzene rings is 1. The van der Waals surface area contributed by atoms with Gasteiger partial charge in [-0.3, -0.25) is 4.79 Å². The van der Waals surface area contributed by atoms with Gasteiger partial charge < -0.3 is 9.88 Å². The molecule has 2 aromatic rings. The van der Waals surface area contributed by atoms with Crippen LogP contribution in [0.1, 0.15) is 21.7 Å². The van der Waals surface area contributed by atoms with E-state index >= 15 is 0 Å². The lowest BCUT2D eigenvalue weighted by molar-refractivity contribution is 0.0782. The SMILES string of the molecule is Cc1ccc(C(=O)N(C)Cc2ncc[nH]2)cc1. The van der Waals surface area contributed by atoms with Crippen LogP contribution in [-0.4, -0.2) is 27.8 Å². The van der Waals surface area contributed by atoms with Crippen LogP contribution in [0.3, 0.4) is 0 Å². The number of carbonyl (C=O) groups excluding carboxylic acids is 1. The van der Waals surface area contributed by atoms with Crippen molar-refractivity contribution in [1.29, 1.82) is 0 Å². The number of nitrogens with one attached hydrogen (secondary N) is 1. The molecule has 17 heavy (non-hydrogen) atoms. The molecule has 4 nitrogen and oxygen atoms in total. The number of aryl methyl sites for hydroxylation is 1. The van der Waals surface area contributed by atoms with Crippen molar-refractivity contribution >= 4 is 5.91 Å². The van der Waals surface area contributed by atoms with Gasteiger partial charge in [0.2, 0.25) is 0 Å². The van der Waals surface area contributed by atoms with E-state index in [-0.39, 0.29) is 5.91 Å². The molecule has 1 aromatic heterocycles. The summed E-state index contributed by atoms with van der Waals surface area (Å²) in [6.07, 6.45) is 3.43. The molecule has 1 N–H and O–H groups in total. The second-order valence-corrected chi connectivity index (χ2v) is 4.06. The summed E-state index contributed by atoms with van der Waals surface area (Å²) >= 11 is 0. The quantitative estimate of drug-likeness (QED) is 0.875. The minimum Gasteiger partial charge on any atom is -0.347 e. The minimum atomic E-state index is 0.00130. The van der Waals surface area contributed by atoms with Gasteiger partial charge in [-0.15, -0.1) is 0 Å². The molecular formula is C13H15N3O. The Balaban J connectivity index is 2.07. The van der Waals surface area contributed by atoms with Crippen LogP contribution in [0.5, 0.6) is 0 Å². The van der Waals surface area contributed by atoms with Gasteiger partial charge in [0.05, 0.1) is 6.54 Å². The monoisotopic (exact) mass is 229 g/mol. The van der Waals surface area contributed by atoms with E-state index in [4.69, 9.17) is 0 Å². The molecular weight excluding hydrogens is 214 g/mol. The first kappa shape index (κ1) is 11.4. The predicted molar refractivity (Wildman–Crippen MR) is 65.6 cm³/mol. The maximum Gasteiger partial charge on any atom is 0.253 e. The number of imidazole rings is 1. The lowest BCUT2D eigenvalue weighted by Gasteiger charge is -2.15. The summed E-state index contributed by atoms with van der Waals surface area (Å²) in [5.74, 6) is 0.786. The van der Waals surface area contributed by atoms with Crippen LogP contribution in [0.15, 0.2) is 36.7 Å². The summed E-state index contributed by atoms with van der Waals surface area (Å²) in [5, 5.41) is 0. The molecule has 0 aliphatic rings. The smallest absolute Gasteiger partial charge is 0.253 e. The lowest BCUT2D eigenvalue weighted by atomic mass is 10.1. The number of H-pyrrole nitrogens is 1. The third-order valence-corrected chi connectivity index (χ3v) is 2.59. The number of hydrogen-bond donors (Lipinski definition) is 1. The highest BCUT2D eigenvalue weighted by atomic mass is 16.2. The Labute approximate surface area is 100 Å². The van der Waals surface area contributed by atoms with Crippen LogP contribution in [0.2, 0.25) is 0 Å². The topological polar surface area (TPSA) is 49.0 Å². The average molecular weight is 229 g/mol. The van der Waals surface area contributed by atoms with E-state index < -0.39 is 0 Å². The molecule has 2 rings (SSSR count). The zero-order chi connectivity index (χ0) is 12.3. The number of aromatic amines is 1. The van der Waals surface area contributed by atoms with Gasteiger partial charge in [0.1, 0.15) is 5.82 Å². The van der Waals surface area contributed by atoms with E-state index in [2.05, 4.69) is 9.97 Å². The molecule has 0 fully saturated rings. The molecule has 0 saturated carbocycles. The predicted octanol–water partition coefficient (Wildman–Crippen LogP) is 1.99. The number of hydrogen-bond acceptors (Lipinski definition) is 2. The van der Waals surface area contributed by atoms with Crippen molar-refractivity contribution in [2.45, 2.75) is 13.5 Å². The summed E-state index contributed by atoms with van der Waals surface area (Å²) in [6, 6.07) is 7.56. The van der Waals surface area contributed by atoms with Crippen molar-refractivity contribution in [3.63, 3.8) is 0 Å². The van der Waals surface area contributed by atoms with Crippen LogP contribution in [0.25, 0.3) is 0 Å². The summed E-state index contributed by atoms with van der Waals surface area (Å²) in [6.45, 7) is 2.49. The summed E-state index contributed by atoms with van der Waals surface area (Å²) in [5.41, 5.74) is 1.85. The van der Waals surface area contributed by atoms with Crippen LogP contribution < -0.4 is 0 Å². The largest absolute Gasteiger partial charge is 0.347 e. The highest BCUT2D eigenvalue weighted by molar-refractivity contribution is 5.94. The van der Waals surface area contributed by atoms with Gasteiger partial charge in [-0.1, -0.05) is 17.7 Å². The van der Waals surface area contributed by atoms with Crippen molar-refractivity contribution in [2.24, 2.45) is 0 Å². The van der Waals surface area contributed by atoms with E-state index in [9.17, 15) is 4.79 Å². The highest BCUT2D eigenvalue weighted by Crippen LogP contribution is 2.07. The molecule has 0 bridgehead atoms. The Kier molecular flexibility index (Phi) is 3.23. The van der Waals surface area contributed by atoms with E-state index in [1.165, 1.54) is 0 Å². The van der Waals surface area contributed by atoms with Gasteiger partial charge in [-0.05, 0) is 19.1 Å². The van der Waals surface area contributed by atoms with Gasteiger partial charge in [0, 0.05) is 25.0 Å². The molecule has 4 heteroatoms. The van der Waals surface area contributed by atoms with Gasteiger partial charge in [-0.2, -0.15) is 0 Å². The summed E-state index contributed by atoms with van der Waals surface area (Å²) < 4.78 is 0. The Bertz CT molecular complexity index is 488. The van der Waals surface area contributed by atoms with Crippen LogP contribution in [0.4, 0.5) is 0 Å². The van der Waals surface area contributed by atoms with Crippen molar-refractivity contribution in [3.05, 3.63) is 53.6 Å². The summed E-state index contributed by atoms with van der Waals surface area (Å²) in [7, 11) is 1.77. The second kappa shape index (κ2) is 4.82. The number of rotatable bonds is 3. The van der Waals surface area contributed by atoms with Crippen LogP contribution in [-0.2, 0) is 6.54 Å². The zero-order valence-corrected chi connectivity index (χ0v) is 9.97. The molecule has 1 heterocycles. The molecule has 0 aliphatic heterocycles. The van der Waals surface area contributed by atoms with Crippen molar-refractivity contribution < 1.29 is 4.79 Å². The molecule has 0 unspecified atom stereocenters. The molecule has 1 aromatic carbocycles. The molecule has 0 atom stereocenters. The van der Waals surface area contributed by atoms with E-state index in [0.717, 1.165) is 11.4 Å². The fourth-order valence-corrected chi connectivity index (χ4v) is 1.60. The minimum absolute atomic E-state index is 0.00130. The Hall–Kier alpha value is -2.10. The van der Waals surface area contributed by atoms with Crippen molar-refractivity contribution in [2.75, 3.05) is 7.05 Å². The first-order valence-corrected chi connectivity index (χ1v) is 5.47.